The largest absolute Gasteiger partial charge is 0.439 e. The Morgan fingerprint density at radius 2 is 2.28 bits per heavy atom. The highest BCUT2D eigenvalue weighted by Gasteiger charge is 2.13. The smallest absolute Gasteiger partial charge is 0.231 e. The van der Waals surface area contributed by atoms with E-state index in [4.69, 9.17) is 15.9 Å². The van der Waals surface area contributed by atoms with Crippen LogP contribution in [0.1, 0.15) is 12.8 Å². The van der Waals surface area contributed by atoms with Crippen LogP contribution in [-0.4, -0.2) is 28.9 Å². The Labute approximate surface area is 105 Å². The number of primary amides is 1. The molecule has 0 saturated carbocycles. The summed E-state index contributed by atoms with van der Waals surface area (Å²) in [5, 5.41) is 0. The van der Waals surface area contributed by atoms with Crippen LogP contribution in [0.25, 0.3) is 11.1 Å². The van der Waals surface area contributed by atoms with Gasteiger partial charge in [-0.25, -0.2) is 4.98 Å². The average Bonchev–Trinajstić information content (AvgIpc) is 2.71. The van der Waals surface area contributed by atoms with Crippen molar-refractivity contribution in [1.29, 1.82) is 0 Å². The first-order valence-electron chi connectivity index (χ1n) is 5.74. The molecule has 6 heteroatoms. The monoisotopic (exact) mass is 248 g/mol. The van der Waals surface area contributed by atoms with Crippen molar-refractivity contribution >= 4 is 22.7 Å². The molecule has 1 aromatic carbocycles. The molecule has 0 aliphatic carbocycles. The predicted octanol–water partition coefficient (Wildman–Crippen LogP) is 0.717. The molecule has 0 aliphatic heterocycles. The first-order valence-corrected chi connectivity index (χ1v) is 5.74. The summed E-state index contributed by atoms with van der Waals surface area (Å²) in [6.07, 6.45) is 0. The van der Waals surface area contributed by atoms with Crippen molar-refractivity contribution in [3.05, 3.63) is 24.1 Å². The molecule has 1 amide bonds. The third-order valence-electron chi connectivity index (χ3n) is 2.68. The van der Waals surface area contributed by atoms with Crippen molar-refractivity contribution in [1.82, 2.24) is 9.88 Å². The highest BCUT2D eigenvalue weighted by Crippen LogP contribution is 2.21. The number of nitrogens with two attached hydrogens (primary N) is 2. The van der Waals surface area contributed by atoms with E-state index in [1.807, 2.05) is 24.0 Å². The highest BCUT2D eigenvalue weighted by molar-refractivity contribution is 5.85. The van der Waals surface area contributed by atoms with Gasteiger partial charge in [0.2, 0.25) is 11.8 Å². The minimum atomic E-state index is -0.368. The Hall–Kier alpha value is -2.08. The van der Waals surface area contributed by atoms with E-state index in [9.17, 15) is 4.79 Å². The Balaban J connectivity index is 2.21. The van der Waals surface area contributed by atoms with E-state index in [0.717, 1.165) is 0 Å². The van der Waals surface area contributed by atoms with Crippen LogP contribution in [0, 0.1) is 0 Å². The molecule has 4 N–H and O–H groups in total. The van der Waals surface area contributed by atoms with E-state index in [1.54, 1.807) is 6.07 Å². The molecule has 18 heavy (non-hydrogen) atoms. The summed E-state index contributed by atoms with van der Waals surface area (Å²) in [4.78, 5) is 17.1. The standard InChI is InChI=1S/C12H16N4O2/c1-2-16(6-10(14)17)7-11-15-12-8(13)4-3-5-9(12)18-11/h3-5H,2,6-7,13H2,1H3,(H2,14,17). The van der Waals surface area contributed by atoms with E-state index >= 15 is 0 Å². The van der Waals surface area contributed by atoms with Gasteiger partial charge in [0.15, 0.2) is 5.58 Å². The number of amides is 1. The molecule has 0 spiro atoms. The van der Waals surface area contributed by atoms with Crippen LogP contribution >= 0.6 is 0 Å². The van der Waals surface area contributed by atoms with Crippen LogP contribution in [0.5, 0.6) is 0 Å². The maximum atomic E-state index is 10.9. The number of oxazole rings is 1. The summed E-state index contributed by atoms with van der Waals surface area (Å²) < 4.78 is 5.58. The second-order valence-electron chi connectivity index (χ2n) is 4.07. The first kappa shape index (κ1) is 12.4. The van der Waals surface area contributed by atoms with Crippen LogP contribution < -0.4 is 11.5 Å². The number of rotatable bonds is 5. The van der Waals surface area contributed by atoms with Gasteiger partial charge in [-0.1, -0.05) is 13.0 Å². The number of anilines is 1. The van der Waals surface area contributed by atoms with Gasteiger partial charge in [0.25, 0.3) is 0 Å². The van der Waals surface area contributed by atoms with Crippen LogP contribution in [0.4, 0.5) is 5.69 Å². The second kappa shape index (κ2) is 5.05. The van der Waals surface area contributed by atoms with Crippen LogP contribution in [0.3, 0.4) is 0 Å². The summed E-state index contributed by atoms with van der Waals surface area (Å²) in [6.45, 7) is 3.26. The van der Waals surface area contributed by atoms with Gasteiger partial charge in [-0.2, -0.15) is 0 Å². The molecule has 1 aromatic heterocycles. The number of likely N-dealkylation sites (N-methyl/N-ethyl adjacent to an activating group) is 1. The fourth-order valence-electron chi connectivity index (χ4n) is 1.77. The lowest BCUT2D eigenvalue weighted by atomic mass is 10.3. The minimum Gasteiger partial charge on any atom is -0.439 e. The molecule has 0 radical (unpaired) electrons. The normalized spacial score (nSPS) is 11.2. The average molecular weight is 248 g/mol. The van der Waals surface area contributed by atoms with Gasteiger partial charge < -0.3 is 15.9 Å². The maximum Gasteiger partial charge on any atom is 0.231 e. The molecule has 2 rings (SSSR count). The number of benzene rings is 1. The number of fused-ring (bicyclic) bond motifs is 1. The zero-order valence-electron chi connectivity index (χ0n) is 10.2. The summed E-state index contributed by atoms with van der Waals surface area (Å²) in [6, 6.07) is 5.40. The molecule has 96 valence electrons. The Morgan fingerprint density at radius 1 is 1.50 bits per heavy atom. The third kappa shape index (κ3) is 2.60. The SMILES string of the molecule is CCN(CC(N)=O)Cc1nc2c(N)cccc2o1. The number of nitrogen functional groups attached to an aromatic ring is 1. The lowest BCUT2D eigenvalue weighted by Gasteiger charge is -2.15. The van der Waals surface area contributed by atoms with Crippen molar-refractivity contribution in [2.45, 2.75) is 13.5 Å². The van der Waals surface area contributed by atoms with Crippen molar-refractivity contribution < 1.29 is 9.21 Å². The molecular formula is C12H16N4O2. The third-order valence-corrected chi connectivity index (χ3v) is 2.68. The molecule has 0 aliphatic rings. The molecule has 6 nitrogen and oxygen atoms in total. The van der Waals surface area contributed by atoms with Gasteiger partial charge in [0.05, 0.1) is 18.8 Å². The molecule has 0 saturated heterocycles. The maximum absolute atomic E-state index is 10.9. The predicted molar refractivity (Wildman–Crippen MR) is 68.6 cm³/mol. The molecule has 0 unspecified atom stereocenters. The van der Waals surface area contributed by atoms with Gasteiger partial charge in [0.1, 0.15) is 5.52 Å². The lowest BCUT2D eigenvalue weighted by Crippen LogP contribution is -2.33. The topological polar surface area (TPSA) is 98.4 Å². The molecule has 0 atom stereocenters. The number of hydrogen-bond acceptors (Lipinski definition) is 5. The van der Waals surface area contributed by atoms with Gasteiger partial charge >= 0.3 is 0 Å². The second-order valence-corrected chi connectivity index (χ2v) is 4.07. The number of para-hydroxylation sites is 1. The minimum absolute atomic E-state index is 0.185. The number of carbonyl (C=O) groups excluding carboxylic acids is 1. The Bertz CT molecular complexity index is 564. The van der Waals surface area contributed by atoms with Gasteiger partial charge in [0, 0.05) is 0 Å². The van der Waals surface area contributed by atoms with Crippen molar-refractivity contribution in [3.63, 3.8) is 0 Å². The fourth-order valence-corrected chi connectivity index (χ4v) is 1.77. The lowest BCUT2D eigenvalue weighted by molar-refractivity contribution is -0.119. The van der Waals surface area contributed by atoms with Crippen molar-refractivity contribution in [2.75, 3.05) is 18.8 Å². The summed E-state index contributed by atoms with van der Waals surface area (Å²) in [5.74, 6) is 0.165. The quantitative estimate of drug-likeness (QED) is 0.759. The highest BCUT2D eigenvalue weighted by atomic mass is 16.3. The van der Waals surface area contributed by atoms with E-state index in [2.05, 4.69) is 4.98 Å². The molecular weight excluding hydrogens is 232 g/mol. The van der Waals surface area contributed by atoms with Gasteiger partial charge in [-0.15, -0.1) is 0 Å². The van der Waals surface area contributed by atoms with Crippen molar-refractivity contribution in [2.24, 2.45) is 5.73 Å². The van der Waals surface area contributed by atoms with Crippen LogP contribution in [0.15, 0.2) is 22.6 Å². The Kier molecular flexibility index (Phi) is 3.47. The van der Waals surface area contributed by atoms with Gasteiger partial charge in [-0.3, -0.25) is 9.69 Å². The van der Waals surface area contributed by atoms with E-state index in [1.165, 1.54) is 0 Å². The van der Waals surface area contributed by atoms with Gasteiger partial charge in [-0.05, 0) is 18.7 Å². The first-order chi connectivity index (χ1) is 8.60. The number of nitrogens with zero attached hydrogens (tertiary/aromatic N) is 2. The van der Waals surface area contributed by atoms with Crippen LogP contribution in [0.2, 0.25) is 0 Å². The molecule has 2 aromatic rings. The van der Waals surface area contributed by atoms with E-state index < -0.39 is 0 Å². The van der Waals surface area contributed by atoms with Crippen molar-refractivity contribution in [3.8, 4) is 0 Å². The number of aromatic nitrogens is 1. The number of hydrogen-bond donors (Lipinski definition) is 2. The molecule has 0 fully saturated rings. The Morgan fingerprint density at radius 3 is 2.89 bits per heavy atom. The summed E-state index contributed by atoms with van der Waals surface area (Å²) in [5.41, 5.74) is 12.9. The summed E-state index contributed by atoms with van der Waals surface area (Å²) in [7, 11) is 0. The number of carbonyl (C=O) groups is 1. The van der Waals surface area contributed by atoms with Crippen LogP contribution in [-0.2, 0) is 11.3 Å². The zero-order valence-corrected chi connectivity index (χ0v) is 10.2. The molecule has 0 bridgehead atoms. The summed E-state index contributed by atoms with van der Waals surface area (Å²) >= 11 is 0. The van der Waals surface area contributed by atoms with E-state index in [0.29, 0.717) is 35.8 Å². The zero-order chi connectivity index (χ0) is 13.1. The van der Waals surface area contributed by atoms with E-state index in [-0.39, 0.29) is 12.5 Å². The molecule has 1 heterocycles. The fraction of sp³-hybridized carbons (Fsp3) is 0.333.